The number of benzene rings is 2. The molecule has 0 spiro atoms. The van der Waals surface area contributed by atoms with Crippen molar-refractivity contribution in [2.24, 2.45) is 7.05 Å². The number of nitrogens with zero attached hydrogens (tertiary/aromatic N) is 3. The number of halogens is 3. The zero-order chi connectivity index (χ0) is 27.9. The van der Waals surface area contributed by atoms with Crippen LogP contribution in [0.1, 0.15) is 32.0 Å². The molecular formula is C26H24F3N3O5S. The van der Waals surface area contributed by atoms with Crippen molar-refractivity contribution in [2.75, 3.05) is 0 Å². The molecule has 0 saturated carbocycles. The summed E-state index contributed by atoms with van der Waals surface area (Å²) >= 11 is 1.16. The Morgan fingerprint density at radius 1 is 1.05 bits per heavy atom. The Kier molecular flexibility index (Phi) is 7.20. The highest BCUT2D eigenvalue weighted by Gasteiger charge is 2.35. The predicted molar refractivity (Wildman–Crippen MR) is 137 cm³/mol. The van der Waals surface area contributed by atoms with Gasteiger partial charge in [0.15, 0.2) is 6.10 Å². The SMILES string of the molecule is Cc1ccc(OC(C)C(=O)OC(C)C)c(-c2nsc3ccc(-n4c(=O)cc(C(F)(F)F)n(C)c4=O)cc23)c1. The number of hydrogen-bond acceptors (Lipinski definition) is 7. The summed E-state index contributed by atoms with van der Waals surface area (Å²) in [5.41, 5.74) is -1.59. The van der Waals surface area contributed by atoms with Crippen LogP contribution in [0.25, 0.3) is 27.0 Å². The van der Waals surface area contributed by atoms with E-state index in [0.29, 0.717) is 42.3 Å². The number of ether oxygens (including phenoxy) is 2. The molecule has 0 aliphatic heterocycles. The van der Waals surface area contributed by atoms with Crippen molar-refractivity contribution in [1.82, 2.24) is 13.5 Å². The van der Waals surface area contributed by atoms with Crippen molar-refractivity contribution < 1.29 is 27.4 Å². The van der Waals surface area contributed by atoms with E-state index in [2.05, 4.69) is 4.37 Å². The summed E-state index contributed by atoms with van der Waals surface area (Å²) in [6.07, 6.45) is -6.08. The molecule has 2 aromatic carbocycles. The van der Waals surface area contributed by atoms with Gasteiger partial charge in [-0.25, -0.2) is 14.2 Å². The van der Waals surface area contributed by atoms with Gasteiger partial charge < -0.3 is 9.47 Å². The molecule has 0 radical (unpaired) electrons. The lowest BCUT2D eigenvalue weighted by atomic mass is 10.0. The topological polar surface area (TPSA) is 92.4 Å². The normalized spacial score (nSPS) is 12.7. The third kappa shape index (κ3) is 5.21. The van der Waals surface area contributed by atoms with Crippen molar-refractivity contribution in [2.45, 2.75) is 46.1 Å². The first kappa shape index (κ1) is 27.1. The van der Waals surface area contributed by atoms with Gasteiger partial charge in [0.2, 0.25) is 0 Å². The minimum Gasteiger partial charge on any atom is -0.478 e. The van der Waals surface area contributed by atoms with Gasteiger partial charge in [-0.2, -0.15) is 17.5 Å². The molecule has 2 aromatic heterocycles. The van der Waals surface area contributed by atoms with Crippen LogP contribution in [0, 0.1) is 6.92 Å². The van der Waals surface area contributed by atoms with Gasteiger partial charge in [-0.3, -0.25) is 9.36 Å². The minimum absolute atomic E-state index is 0.0854. The molecule has 4 rings (SSSR count). The molecule has 2 heterocycles. The van der Waals surface area contributed by atoms with Crippen LogP contribution in [-0.2, 0) is 22.8 Å². The zero-order valence-corrected chi connectivity index (χ0v) is 21.9. The molecule has 4 aromatic rings. The second-order valence-electron chi connectivity index (χ2n) is 9.00. The number of fused-ring (bicyclic) bond motifs is 1. The van der Waals surface area contributed by atoms with Gasteiger partial charge in [0.1, 0.15) is 11.4 Å². The van der Waals surface area contributed by atoms with Gasteiger partial charge in [0.05, 0.1) is 22.2 Å². The molecule has 1 atom stereocenters. The Morgan fingerprint density at radius 3 is 2.42 bits per heavy atom. The molecule has 200 valence electrons. The Balaban J connectivity index is 1.84. The summed E-state index contributed by atoms with van der Waals surface area (Å²) in [4.78, 5) is 37.7. The summed E-state index contributed by atoms with van der Waals surface area (Å²) in [7, 11) is 0.957. The number of carbonyl (C=O) groups excluding carboxylic acids is 1. The molecule has 0 amide bonds. The predicted octanol–water partition coefficient (Wildman–Crippen LogP) is 4.86. The van der Waals surface area contributed by atoms with Crippen molar-refractivity contribution in [1.29, 1.82) is 0 Å². The summed E-state index contributed by atoms with van der Waals surface area (Å²) in [5.74, 6) is -0.168. The maximum Gasteiger partial charge on any atom is 0.431 e. The van der Waals surface area contributed by atoms with Crippen molar-refractivity contribution >= 4 is 27.6 Å². The van der Waals surface area contributed by atoms with E-state index in [9.17, 15) is 27.6 Å². The van der Waals surface area contributed by atoms with E-state index in [1.807, 2.05) is 19.1 Å². The number of carbonyl (C=O) groups is 1. The van der Waals surface area contributed by atoms with Gasteiger partial charge in [-0.1, -0.05) is 11.6 Å². The average Bonchev–Trinajstić information content (AvgIpc) is 3.24. The fraction of sp³-hybridized carbons (Fsp3) is 0.308. The second-order valence-corrected chi connectivity index (χ2v) is 9.80. The molecule has 0 aliphatic rings. The fourth-order valence-corrected chi connectivity index (χ4v) is 4.66. The summed E-state index contributed by atoms with van der Waals surface area (Å²) < 4.78 is 57.3. The first-order chi connectivity index (χ1) is 17.8. The number of hydrogen-bond donors (Lipinski definition) is 0. The smallest absolute Gasteiger partial charge is 0.431 e. The number of aryl methyl sites for hydroxylation is 1. The van der Waals surface area contributed by atoms with Crippen molar-refractivity contribution in [3.63, 3.8) is 0 Å². The van der Waals surface area contributed by atoms with Gasteiger partial charge in [0, 0.05) is 24.1 Å². The maximum atomic E-state index is 13.3. The molecule has 12 heteroatoms. The molecule has 0 saturated heterocycles. The standard InChI is InChI=1S/C26H24F3N3O5S/c1-13(2)36-24(34)15(4)37-19-8-6-14(3)10-17(19)23-18-11-16(7-9-20(18)38-30-23)32-22(33)12-21(26(27,28)29)31(5)25(32)35/h6-13,15H,1-5H3. The summed E-state index contributed by atoms with van der Waals surface area (Å²) in [6, 6.07) is 10.3. The van der Waals surface area contributed by atoms with Gasteiger partial charge in [0.25, 0.3) is 5.56 Å². The molecular weight excluding hydrogens is 523 g/mol. The van der Waals surface area contributed by atoms with Crippen LogP contribution < -0.4 is 16.0 Å². The summed E-state index contributed by atoms with van der Waals surface area (Å²) in [6.45, 7) is 6.90. The Hall–Kier alpha value is -3.93. The monoisotopic (exact) mass is 547 g/mol. The highest BCUT2D eigenvalue weighted by molar-refractivity contribution is 7.13. The van der Waals surface area contributed by atoms with Crippen LogP contribution in [-0.4, -0.2) is 31.7 Å². The van der Waals surface area contributed by atoms with E-state index >= 15 is 0 Å². The zero-order valence-electron chi connectivity index (χ0n) is 21.1. The number of esters is 1. The lowest BCUT2D eigenvalue weighted by molar-refractivity contribution is -0.154. The number of rotatable bonds is 6. The van der Waals surface area contributed by atoms with E-state index in [1.54, 1.807) is 32.9 Å². The van der Waals surface area contributed by atoms with Gasteiger partial charge >= 0.3 is 17.8 Å². The van der Waals surface area contributed by atoms with E-state index in [0.717, 1.165) is 24.1 Å². The van der Waals surface area contributed by atoms with Crippen LogP contribution in [0.4, 0.5) is 13.2 Å². The third-order valence-corrected chi connectivity index (χ3v) is 6.53. The first-order valence-electron chi connectivity index (χ1n) is 11.6. The van der Waals surface area contributed by atoms with Crippen LogP contribution in [0.15, 0.2) is 52.1 Å². The summed E-state index contributed by atoms with van der Waals surface area (Å²) in [5, 5.41) is 0.550. The van der Waals surface area contributed by atoms with Crippen molar-refractivity contribution in [3.05, 3.63) is 74.6 Å². The lowest BCUT2D eigenvalue weighted by Gasteiger charge is -2.18. The Bertz CT molecular complexity index is 1650. The number of alkyl halides is 3. The van der Waals surface area contributed by atoms with E-state index in [-0.39, 0.29) is 11.8 Å². The van der Waals surface area contributed by atoms with Crippen LogP contribution in [0.5, 0.6) is 5.75 Å². The average molecular weight is 548 g/mol. The lowest BCUT2D eigenvalue weighted by Crippen LogP contribution is -2.40. The fourth-order valence-electron chi connectivity index (χ4n) is 3.89. The van der Waals surface area contributed by atoms with Crippen LogP contribution >= 0.6 is 11.5 Å². The molecule has 1 unspecified atom stereocenters. The second kappa shape index (κ2) is 10.1. The largest absolute Gasteiger partial charge is 0.478 e. The highest BCUT2D eigenvalue weighted by atomic mass is 32.1. The quantitative estimate of drug-likeness (QED) is 0.320. The minimum atomic E-state index is -4.86. The van der Waals surface area contributed by atoms with E-state index < -0.39 is 35.2 Å². The van der Waals surface area contributed by atoms with Crippen LogP contribution in [0.2, 0.25) is 0 Å². The molecule has 0 aliphatic carbocycles. The van der Waals surface area contributed by atoms with Crippen LogP contribution in [0.3, 0.4) is 0 Å². The highest BCUT2D eigenvalue weighted by Crippen LogP contribution is 2.38. The molecule has 0 fully saturated rings. The Morgan fingerprint density at radius 2 is 1.76 bits per heavy atom. The molecule has 38 heavy (non-hydrogen) atoms. The first-order valence-corrected chi connectivity index (χ1v) is 12.3. The molecule has 0 N–H and O–H groups in total. The Labute approximate surface area is 219 Å². The van der Waals surface area contributed by atoms with Crippen molar-refractivity contribution in [3.8, 4) is 22.7 Å². The van der Waals surface area contributed by atoms with E-state index in [1.165, 1.54) is 12.1 Å². The third-order valence-electron chi connectivity index (χ3n) is 5.70. The maximum absolute atomic E-state index is 13.3. The molecule has 0 bridgehead atoms. The molecule has 8 nitrogen and oxygen atoms in total. The van der Waals surface area contributed by atoms with Gasteiger partial charge in [-0.05, 0) is 69.6 Å². The van der Waals surface area contributed by atoms with Gasteiger partial charge in [-0.15, -0.1) is 0 Å². The number of aromatic nitrogens is 3. The van der Waals surface area contributed by atoms with E-state index in [4.69, 9.17) is 9.47 Å².